The minimum atomic E-state index is -0.390. The summed E-state index contributed by atoms with van der Waals surface area (Å²) in [6, 6.07) is 2.02. The van der Waals surface area contributed by atoms with Crippen LogP contribution in [0.15, 0.2) is 17.6 Å². The van der Waals surface area contributed by atoms with Gasteiger partial charge in [-0.3, -0.25) is 9.48 Å². The van der Waals surface area contributed by atoms with Gasteiger partial charge in [0.25, 0.3) is 0 Å². The second-order valence-corrected chi connectivity index (χ2v) is 8.07. The zero-order valence-electron chi connectivity index (χ0n) is 14.2. The molecule has 0 spiro atoms. The molecule has 3 aromatic rings. The van der Waals surface area contributed by atoms with Gasteiger partial charge in [0, 0.05) is 17.3 Å². The molecule has 0 aromatic carbocycles. The van der Waals surface area contributed by atoms with Gasteiger partial charge in [-0.15, -0.1) is 11.3 Å². The third-order valence-electron chi connectivity index (χ3n) is 3.89. The molecule has 0 bridgehead atoms. The van der Waals surface area contributed by atoms with Crippen molar-refractivity contribution >= 4 is 45.0 Å². The first-order chi connectivity index (χ1) is 11.9. The summed E-state index contributed by atoms with van der Waals surface area (Å²) in [6.45, 7) is 5.91. The summed E-state index contributed by atoms with van der Waals surface area (Å²) < 4.78 is 1.48. The van der Waals surface area contributed by atoms with Gasteiger partial charge in [-0.05, 0) is 26.3 Å². The summed E-state index contributed by atoms with van der Waals surface area (Å²) >= 11 is 3.01. The maximum atomic E-state index is 12.5. The number of thioether (sulfide) groups is 1. The first-order valence-corrected chi connectivity index (χ1v) is 9.22. The molecule has 3 heterocycles. The predicted octanol–water partition coefficient (Wildman–Crippen LogP) is 3.03. The number of aryl methyl sites for hydroxylation is 3. The van der Waals surface area contributed by atoms with Gasteiger partial charge < -0.3 is 5.32 Å². The van der Waals surface area contributed by atoms with Crippen LogP contribution in [-0.4, -0.2) is 30.9 Å². The van der Waals surface area contributed by atoms with E-state index >= 15 is 0 Å². The molecule has 0 fully saturated rings. The minimum Gasteiger partial charge on any atom is -0.309 e. The van der Waals surface area contributed by atoms with Gasteiger partial charge in [-0.2, -0.15) is 10.4 Å². The van der Waals surface area contributed by atoms with Gasteiger partial charge in [0.15, 0.2) is 0 Å². The van der Waals surface area contributed by atoms with E-state index in [-0.39, 0.29) is 11.2 Å². The van der Waals surface area contributed by atoms with E-state index in [1.165, 1.54) is 33.8 Å². The zero-order valence-corrected chi connectivity index (χ0v) is 15.8. The van der Waals surface area contributed by atoms with Crippen LogP contribution in [0.2, 0.25) is 0 Å². The van der Waals surface area contributed by atoms with Crippen LogP contribution in [0.1, 0.15) is 22.9 Å². The van der Waals surface area contributed by atoms with E-state index in [9.17, 15) is 4.79 Å². The van der Waals surface area contributed by atoms with Crippen LogP contribution in [-0.2, 0) is 11.8 Å². The smallest absolute Gasteiger partial charge is 0.238 e. The third kappa shape index (κ3) is 3.23. The lowest BCUT2D eigenvalue weighted by Crippen LogP contribution is -2.24. The normalized spacial score (nSPS) is 12.1. The summed E-state index contributed by atoms with van der Waals surface area (Å²) in [5.41, 5.74) is 1.48. The Morgan fingerprint density at radius 3 is 2.92 bits per heavy atom. The van der Waals surface area contributed by atoms with E-state index in [2.05, 4.69) is 27.3 Å². The number of carbonyl (C=O) groups is 1. The van der Waals surface area contributed by atoms with E-state index in [0.717, 1.165) is 20.8 Å². The molecule has 3 aromatic heterocycles. The number of fused-ring (bicyclic) bond motifs is 1. The topological polar surface area (TPSA) is 96.5 Å². The standard InChI is InChI=1S/C16H16N6OS2/c1-8-9(2)24-15-12(8)16(19-7-18-15)25-10(3)14(23)21-13-11(5-17)6-20-22(13)4/h6-7,10H,1-4H3,(H,21,23). The van der Waals surface area contributed by atoms with Crippen molar-refractivity contribution in [1.29, 1.82) is 5.26 Å². The molecule has 0 saturated carbocycles. The molecule has 0 aliphatic carbocycles. The Morgan fingerprint density at radius 2 is 2.20 bits per heavy atom. The average molecular weight is 372 g/mol. The molecule has 0 aliphatic heterocycles. The Labute approximate surface area is 153 Å². The van der Waals surface area contributed by atoms with Crippen LogP contribution in [0.5, 0.6) is 0 Å². The second kappa shape index (κ2) is 6.82. The van der Waals surface area contributed by atoms with E-state index < -0.39 is 0 Å². The third-order valence-corrected chi connectivity index (χ3v) is 6.10. The van der Waals surface area contributed by atoms with Gasteiger partial charge in [-0.25, -0.2) is 9.97 Å². The highest BCUT2D eigenvalue weighted by atomic mass is 32.2. The molecule has 25 heavy (non-hydrogen) atoms. The van der Waals surface area contributed by atoms with Gasteiger partial charge in [-0.1, -0.05) is 11.8 Å². The highest BCUT2D eigenvalue weighted by Gasteiger charge is 2.21. The maximum Gasteiger partial charge on any atom is 0.238 e. The highest BCUT2D eigenvalue weighted by molar-refractivity contribution is 8.00. The number of hydrogen-bond acceptors (Lipinski definition) is 7. The van der Waals surface area contributed by atoms with E-state index in [4.69, 9.17) is 5.26 Å². The summed E-state index contributed by atoms with van der Waals surface area (Å²) in [7, 11) is 1.68. The molecule has 0 saturated heterocycles. The Bertz CT molecular complexity index is 1000. The first-order valence-electron chi connectivity index (χ1n) is 7.52. The zero-order chi connectivity index (χ0) is 18.1. The van der Waals surface area contributed by atoms with Gasteiger partial charge >= 0.3 is 0 Å². The monoisotopic (exact) mass is 372 g/mol. The molecule has 9 heteroatoms. The van der Waals surface area contributed by atoms with Crippen LogP contribution < -0.4 is 5.32 Å². The molecule has 1 N–H and O–H groups in total. The fourth-order valence-electron chi connectivity index (χ4n) is 2.35. The molecule has 128 valence electrons. The lowest BCUT2D eigenvalue weighted by Gasteiger charge is -2.12. The molecule has 1 unspecified atom stereocenters. The molecule has 1 atom stereocenters. The van der Waals surface area contributed by atoms with Crippen LogP contribution in [0.4, 0.5) is 5.82 Å². The van der Waals surface area contributed by atoms with Crippen LogP contribution >= 0.6 is 23.1 Å². The molecule has 7 nitrogen and oxygen atoms in total. The maximum absolute atomic E-state index is 12.5. The molecular formula is C16H16N6OS2. The number of anilines is 1. The van der Waals surface area contributed by atoms with E-state index in [1.807, 2.05) is 19.9 Å². The summed E-state index contributed by atoms with van der Waals surface area (Å²) in [6.07, 6.45) is 2.96. The number of hydrogen-bond donors (Lipinski definition) is 1. The van der Waals surface area contributed by atoms with Gasteiger partial charge in [0.2, 0.25) is 5.91 Å². The average Bonchev–Trinajstić information content (AvgIpc) is 3.08. The molecule has 1 amide bonds. The highest BCUT2D eigenvalue weighted by Crippen LogP contribution is 2.36. The first kappa shape index (κ1) is 17.4. The number of nitrogens with one attached hydrogen (secondary N) is 1. The van der Waals surface area contributed by atoms with Gasteiger partial charge in [0.05, 0.1) is 11.4 Å². The summed E-state index contributed by atoms with van der Waals surface area (Å²) in [5.74, 6) is 0.191. The number of aromatic nitrogens is 4. The number of rotatable bonds is 4. The summed E-state index contributed by atoms with van der Waals surface area (Å²) in [4.78, 5) is 23.3. The molecule has 3 rings (SSSR count). The minimum absolute atomic E-state index is 0.207. The van der Waals surface area contributed by atoms with Crippen LogP contribution in [0.3, 0.4) is 0 Å². The van der Waals surface area contributed by atoms with Crippen molar-refractivity contribution in [3.05, 3.63) is 28.5 Å². The van der Waals surface area contributed by atoms with Crippen LogP contribution in [0.25, 0.3) is 10.2 Å². The second-order valence-electron chi connectivity index (χ2n) is 5.53. The van der Waals surface area contributed by atoms with Crippen molar-refractivity contribution in [3.63, 3.8) is 0 Å². The Kier molecular flexibility index (Phi) is 4.74. The van der Waals surface area contributed by atoms with Crippen molar-refractivity contribution in [1.82, 2.24) is 19.7 Å². The van der Waals surface area contributed by atoms with E-state index in [1.54, 1.807) is 18.4 Å². The molecule has 0 radical (unpaired) electrons. The lowest BCUT2D eigenvalue weighted by atomic mass is 10.2. The number of carbonyl (C=O) groups excluding carboxylic acids is 1. The summed E-state index contributed by atoms with van der Waals surface area (Å²) in [5, 5.41) is 17.3. The predicted molar refractivity (Wildman–Crippen MR) is 98.8 cm³/mol. The number of nitrogens with zero attached hydrogens (tertiary/aromatic N) is 5. The quantitative estimate of drug-likeness (QED) is 0.558. The number of thiophene rings is 1. The molecular weight excluding hydrogens is 356 g/mol. The van der Waals surface area contributed by atoms with Crippen molar-refractivity contribution < 1.29 is 4.79 Å². The van der Waals surface area contributed by atoms with Crippen molar-refractivity contribution in [2.45, 2.75) is 31.0 Å². The van der Waals surface area contributed by atoms with E-state index in [0.29, 0.717) is 11.4 Å². The SMILES string of the molecule is Cc1sc2ncnc(SC(C)C(=O)Nc3c(C#N)cnn3C)c2c1C. The van der Waals surface area contributed by atoms with Crippen molar-refractivity contribution in [3.8, 4) is 6.07 Å². The molecule has 0 aliphatic rings. The number of amides is 1. The fraction of sp³-hybridized carbons (Fsp3) is 0.312. The van der Waals surface area contributed by atoms with Crippen LogP contribution in [0, 0.1) is 25.2 Å². The van der Waals surface area contributed by atoms with Crippen molar-refractivity contribution in [2.75, 3.05) is 5.32 Å². The fourth-order valence-corrected chi connectivity index (χ4v) is 4.38. The largest absolute Gasteiger partial charge is 0.309 e. The lowest BCUT2D eigenvalue weighted by molar-refractivity contribution is -0.115. The Hall–Kier alpha value is -2.44. The van der Waals surface area contributed by atoms with Gasteiger partial charge in [0.1, 0.15) is 33.6 Å². The van der Waals surface area contributed by atoms with Crippen molar-refractivity contribution in [2.24, 2.45) is 7.05 Å². The number of nitriles is 1. The Balaban J connectivity index is 1.83. The Morgan fingerprint density at radius 1 is 1.44 bits per heavy atom.